The zero-order valence-electron chi connectivity index (χ0n) is 13.3. The highest BCUT2D eigenvalue weighted by Crippen LogP contribution is 2.27. The maximum atomic E-state index is 12.4. The molecule has 2 rings (SSSR count). The van der Waals surface area contributed by atoms with E-state index < -0.39 is 10.0 Å². The third kappa shape index (κ3) is 5.94. The van der Waals surface area contributed by atoms with Gasteiger partial charge in [0.15, 0.2) is 0 Å². The lowest BCUT2D eigenvalue weighted by molar-refractivity contribution is 0.402. The predicted octanol–water partition coefficient (Wildman–Crippen LogP) is 4.87. The first-order valence-electron chi connectivity index (χ1n) is 7.18. The number of ether oxygens (including phenoxy) is 1. The Kier molecular flexibility index (Phi) is 7.73. The summed E-state index contributed by atoms with van der Waals surface area (Å²) < 4.78 is 32.4. The van der Waals surface area contributed by atoms with Crippen LogP contribution in [0.1, 0.15) is 5.56 Å². The number of hydrogen-bond acceptors (Lipinski definition) is 4. The van der Waals surface area contributed by atoms with Gasteiger partial charge < -0.3 is 4.74 Å². The van der Waals surface area contributed by atoms with Crippen LogP contribution in [0.4, 0.5) is 0 Å². The number of nitrogens with one attached hydrogen (secondary N) is 1. The molecule has 0 spiro atoms. The first kappa shape index (κ1) is 20.7. The highest BCUT2D eigenvalue weighted by atomic mass is 35.5. The number of benzene rings is 2. The zero-order valence-corrected chi connectivity index (χ0v) is 17.2. The second-order valence-electron chi connectivity index (χ2n) is 4.99. The highest BCUT2D eigenvalue weighted by Gasteiger charge is 2.19. The van der Waals surface area contributed by atoms with Gasteiger partial charge in [-0.05, 0) is 35.9 Å². The lowest BCUT2D eigenvalue weighted by Gasteiger charge is -2.11. The summed E-state index contributed by atoms with van der Waals surface area (Å²) in [4.78, 5) is 0.0250. The molecule has 0 bridgehead atoms. The molecule has 0 aliphatic heterocycles. The van der Waals surface area contributed by atoms with Gasteiger partial charge in [0.25, 0.3) is 0 Å². The summed E-state index contributed by atoms with van der Waals surface area (Å²) in [5.41, 5.74) is 1.03. The maximum absolute atomic E-state index is 12.4. The molecule has 2 aromatic rings. The van der Waals surface area contributed by atoms with Crippen LogP contribution >= 0.6 is 46.6 Å². The molecule has 1 N–H and O–H groups in total. The van der Waals surface area contributed by atoms with Crippen molar-refractivity contribution in [2.75, 3.05) is 19.4 Å². The molecule has 0 saturated heterocycles. The van der Waals surface area contributed by atoms with E-state index in [-0.39, 0.29) is 17.2 Å². The van der Waals surface area contributed by atoms with Gasteiger partial charge in [0.1, 0.15) is 10.6 Å². The van der Waals surface area contributed by atoms with Crippen LogP contribution in [0.5, 0.6) is 5.75 Å². The van der Waals surface area contributed by atoms with Gasteiger partial charge in [-0.25, -0.2) is 13.1 Å². The molecule has 0 saturated carbocycles. The van der Waals surface area contributed by atoms with E-state index in [0.717, 1.165) is 5.56 Å². The van der Waals surface area contributed by atoms with E-state index in [2.05, 4.69) is 4.72 Å². The van der Waals surface area contributed by atoms with Gasteiger partial charge in [0.2, 0.25) is 10.0 Å². The summed E-state index contributed by atoms with van der Waals surface area (Å²) in [6.07, 6.45) is 0. The van der Waals surface area contributed by atoms with E-state index in [1.165, 1.54) is 19.2 Å². The minimum atomic E-state index is -3.69. The van der Waals surface area contributed by atoms with E-state index in [0.29, 0.717) is 26.6 Å². The van der Waals surface area contributed by atoms with Gasteiger partial charge in [-0.1, -0.05) is 40.9 Å². The van der Waals surface area contributed by atoms with Crippen LogP contribution in [0.2, 0.25) is 15.1 Å². The Morgan fingerprint density at radius 2 is 1.84 bits per heavy atom. The van der Waals surface area contributed by atoms with Crippen molar-refractivity contribution >= 4 is 56.6 Å². The Morgan fingerprint density at radius 1 is 1.08 bits per heavy atom. The van der Waals surface area contributed by atoms with E-state index in [1.54, 1.807) is 30.0 Å². The molecular weight excluding hydrogens is 425 g/mol. The lowest BCUT2D eigenvalue weighted by Crippen LogP contribution is -2.26. The average molecular weight is 441 g/mol. The van der Waals surface area contributed by atoms with Crippen LogP contribution in [0.15, 0.2) is 41.3 Å². The lowest BCUT2D eigenvalue weighted by atomic mass is 10.2. The quantitative estimate of drug-likeness (QED) is 0.595. The molecule has 136 valence electrons. The van der Waals surface area contributed by atoms with Crippen molar-refractivity contribution in [3.63, 3.8) is 0 Å². The zero-order chi connectivity index (χ0) is 18.4. The number of methoxy groups -OCH3 is 1. The number of hydrogen-bond donors (Lipinski definition) is 1. The van der Waals surface area contributed by atoms with Crippen LogP contribution in [0.25, 0.3) is 0 Å². The van der Waals surface area contributed by atoms with Crippen molar-refractivity contribution in [2.24, 2.45) is 0 Å². The van der Waals surface area contributed by atoms with Crippen molar-refractivity contribution in [3.05, 3.63) is 57.0 Å². The molecule has 0 fully saturated rings. The van der Waals surface area contributed by atoms with Crippen LogP contribution in [-0.2, 0) is 15.8 Å². The fourth-order valence-electron chi connectivity index (χ4n) is 2.01. The third-order valence-electron chi connectivity index (χ3n) is 3.21. The topological polar surface area (TPSA) is 55.4 Å². The number of thioether (sulfide) groups is 1. The SMILES string of the molecule is COc1ccc(Cl)cc1S(=O)(=O)NCCSCc1ccc(Cl)c(Cl)c1. The standard InChI is InChI=1S/C16H16Cl3NO3S2/c1-23-15-5-3-12(17)9-16(15)25(21,22)20-6-7-24-10-11-2-4-13(18)14(19)8-11/h2-5,8-9,20H,6-7,10H2,1H3. The number of rotatable bonds is 8. The van der Waals surface area contributed by atoms with Crippen LogP contribution in [0.3, 0.4) is 0 Å². The number of sulfonamides is 1. The molecule has 2 aromatic carbocycles. The minimum absolute atomic E-state index is 0.0250. The van der Waals surface area contributed by atoms with Gasteiger partial charge in [0.05, 0.1) is 17.2 Å². The van der Waals surface area contributed by atoms with Gasteiger partial charge in [-0.15, -0.1) is 0 Å². The van der Waals surface area contributed by atoms with Crippen LogP contribution in [-0.4, -0.2) is 27.8 Å². The molecule has 4 nitrogen and oxygen atoms in total. The summed E-state index contributed by atoms with van der Waals surface area (Å²) in [6.45, 7) is 0.282. The molecule has 0 amide bonds. The first-order chi connectivity index (χ1) is 11.8. The predicted molar refractivity (Wildman–Crippen MR) is 106 cm³/mol. The summed E-state index contributed by atoms with van der Waals surface area (Å²) in [5.74, 6) is 1.56. The van der Waals surface area contributed by atoms with Gasteiger partial charge in [-0.2, -0.15) is 11.8 Å². The average Bonchev–Trinajstić information content (AvgIpc) is 2.57. The maximum Gasteiger partial charge on any atom is 0.244 e. The summed E-state index contributed by atoms with van der Waals surface area (Å²) in [7, 11) is -2.28. The Labute approximate surface area is 166 Å². The molecule has 0 atom stereocenters. The van der Waals surface area contributed by atoms with Gasteiger partial charge in [0, 0.05) is 23.1 Å². The molecule has 0 aliphatic rings. The van der Waals surface area contributed by atoms with Crippen molar-refractivity contribution in [1.29, 1.82) is 0 Å². The normalized spacial score (nSPS) is 11.5. The highest BCUT2D eigenvalue weighted by molar-refractivity contribution is 7.98. The summed E-state index contributed by atoms with van der Waals surface area (Å²) >= 11 is 19.3. The Bertz CT molecular complexity index is 845. The van der Waals surface area contributed by atoms with E-state index >= 15 is 0 Å². The molecule has 0 radical (unpaired) electrons. The fourth-order valence-corrected chi connectivity index (χ4v) is 4.72. The monoisotopic (exact) mass is 439 g/mol. The molecule has 0 unspecified atom stereocenters. The molecule has 9 heteroatoms. The minimum Gasteiger partial charge on any atom is -0.495 e. The largest absolute Gasteiger partial charge is 0.495 e. The number of halogens is 3. The molecule has 0 heterocycles. The Morgan fingerprint density at radius 3 is 2.52 bits per heavy atom. The van der Waals surface area contributed by atoms with Crippen molar-refractivity contribution < 1.29 is 13.2 Å². The Balaban J connectivity index is 1.88. The first-order valence-corrected chi connectivity index (χ1v) is 11.0. The van der Waals surface area contributed by atoms with Crippen molar-refractivity contribution in [2.45, 2.75) is 10.6 Å². The van der Waals surface area contributed by atoms with Gasteiger partial charge >= 0.3 is 0 Å². The summed E-state index contributed by atoms with van der Waals surface area (Å²) in [6, 6.07) is 9.90. The molecule has 25 heavy (non-hydrogen) atoms. The molecular formula is C16H16Cl3NO3S2. The van der Waals surface area contributed by atoms with Crippen LogP contribution in [0, 0.1) is 0 Å². The fraction of sp³-hybridized carbons (Fsp3) is 0.250. The second-order valence-corrected chi connectivity index (χ2v) is 9.09. The smallest absolute Gasteiger partial charge is 0.244 e. The van der Waals surface area contributed by atoms with Crippen molar-refractivity contribution in [1.82, 2.24) is 4.72 Å². The third-order valence-corrected chi connectivity index (χ3v) is 6.69. The van der Waals surface area contributed by atoms with Crippen LogP contribution < -0.4 is 9.46 Å². The van der Waals surface area contributed by atoms with E-state index in [9.17, 15) is 8.42 Å². The van der Waals surface area contributed by atoms with E-state index in [4.69, 9.17) is 39.5 Å². The summed E-state index contributed by atoms with van der Waals surface area (Å²) in [5, 5.41) is 1.35. The van der Waals surface area contributed by atoms with E-state index in [1.807, 2.05) is 6.07 Å². The van der Waals surface area contributed by atoms with Crippen molar-refractivity contribution in [3.8, 4) is 5.75 Å². The molecule has 0 aliphatic carbocycles. The molecule has 0 aromatic heterocycles. The second kappa shape index (κ2) is 9.35. The Hall–Kier alpha value is -0.630. The van der Waals surface area contributed by atoms with Gasteiger partial charge in [-0.3, -0.25) is 0 Å².